The number of benzene rings is 1. The number of amides is 3. The third kappa shape index (κ3) is 5.39. The van der Waals surface area contributed by atoms with E-state index in [4.69, 9.17) is 9.47 Å². The van der Waals surface area contributed by atoms with Crippen LogP contribution in [0.25, 0.3) is 0 Å². The number of ketones is 1. The first-order chi connectivity index (χ1) is 16.3. The second-order valence-electron chi connectivity index (χ2n) is 8.54. The summed E-state index contributed by atoms with van der Waals surface area (Å²) in [5.41, 5.74) is 2.88. The number of anilines is 2. The number of carbonyl (C=O) groups excluding carboxylic acids is 3. The van der Waals surface area contributed by atoms with Crippen molar-refractivity contribution in [1.29, 1.82) is 0 Å². The van der Waals surface area contributed by atoms with E-state index < -0.39 is 23.8 Å². The number of nitrogens with one attached hydrogen (secondary N) is 1. The van der Waals surface area contributed by atoms with E-state index in [1.54, 1.807) is 9.80 Å². The first-order valence-corrected chi connectivity index (χ1v) is 11.4. The summed E-state index contributed by atoms with van der Waals surface area (Å²) in [7, 11) is 0. The molecule has 4 rings (SSSR count). The molecule has 0 aliphatic carbocycles. The van der Waals surface area contributed by atoms with Gasteiger partial charge in [0.05, 0.1) is 32.0 Å². The molecule has 0 aromatic heterocycles. The van der Waals surface area contributed by atoms with Crippen LogP contribution < -0.4 is 15.2 Å². The quantitative estimate of drug-likeness (QED) is 0.685. The maximum absolute atomic E-state index is 15.1. The average molecular weight is 482 g/mol. The van der Waals surface area contributed by atoms with Crippen LogP contribution in [0, 0.1) is 11.6 Å². The SMILES string of the molecule is CC(=O)CC[C@H]1CN(c2cc(F)c(N3CCNN(C(=O)N4CCOCC4)CC3)c(F)c2)C(=O)O1. The van der Waals surface area contributed by atoms with Gasteiger partial charge in [-0.05, 0) is 13.3 Å². The van der Waals surface area contributed by atoms with Gasteiger partial charge in [0.1, 0.15) is 17.6 Å². The van der Waals surface area contributed by atoms with Crippen molar-refractivity contribution in [1.82, 2.24) is 15.3 Å². The molecular weight excluding hydrogens is 452 g/mol. The van der Waals surface area contributed by atoms with Crippen LogP contribution in [0.2, 0.25) is 0 Å². The van der Waals surface area contributed by atoms with Gasteiger partial charge in [-0.3, -0.25) is 9.91 Å². The first-order valence-electron chi connectivity index (χ1n) is 11.4. The van der Waals surface area contributed by atoms with Crippen molar-refractivity contribution in [3.63, 3.8) is 0 Å². The molecule has 1 aromatic rings. The van der Waals surface area contributed by atoms with Crippen LogP contribution in [0.3, 0.4) is 0 Å². The highest BCUT2D eigenvalue weighted by atomic mass is 19.1. The smallest absolute Gasteiger partial charge is 0.414 e. The molecule has 3 aliphatic heterocycles. The fraction of sp³-hybridized carbons (Fsp3) is 0.591. The molecule has 1 N–H and O–H groups in total. The second-order valence-corrected chi connectivity index (χ2v) is 8.54. The highest BCUT2D eigenvalue weighted by Crippen LogP contribution is 2.31. The van der Waals surface area contributed by atoms with E-state index in [9.17, 15) is 14.4 Å². The summed E-state index contributed by atoms with van der Waals surface area (Å²) in [4.78, 5) is 40.5. The van der Waals surface area contributed by atoms with Gasteiger partial charge in [0, 0.05) is 51.3 Å². The van der Waals surface area contributed by atoms with E-state index in [-0.39, 0.29) is 49.2 Å². The number of carbonyl (C=O) groups is 3. The van der Waals surface area contributed by atoms with Crippen LogP contribution in [-0.2, 0) is 14.3 Å². The van der Waals surface area contributed by atoms with Crippen LogP contribution in [0.5, 0.6) is 0 Å². The number of hydrogen-bond acceptors (Lipinski definition) is 7. The van der Waals surface area contributed by atoms with Crippen molar-refractivity contribution in [3.8, 4) is 0 Å². The number of hydrogen-bond donors (Lipinski definition) is 1. The number of hydrazine groups is 1. The van der Waals surface area contributed by atoms with Gasteiger partial charge in [-0.25, -0.2) is 23.8 Å². The summed E-state index contributed by atoms with van der Waals surface area (Å²) in [5.74, 6) is -1.63. The topological polar surface area (TPSA) is 94.7 Å². The van der Waals surface area contributed by atoms with Crippen LogP contribution in [0.1, 0.15) is 19.8 Å². The molecule has 1 atom stereocenters. The zero-order valence-electron chi connectivity index (χ0n) is 19.1. The Labute approximate surface area is 196 Å². The van der Waals surface area contributed by atoms with E-state index in [1.807, 2.05) is 0 Å². The van der Waals surface area contributed by atoms with Crippen molar-refractivity contribution in [3.05, 3.63) is 23.8 Å². The van der Waals surface area contributed by atoms with Crippen molar-refractivity contribution in [2.75, 3.05) is 68.8 Å². The summed E-state index contributed by atoms with van der Waals surface area (Å²) in [5, 5.41) is 1.47. The molecule has 0 radical (unpaired) electrons. The van der Waals surface area contributed by atoms with Gasteiger partial charge in [-0.1, -0.05) is 0 Å². The number of morpholine rings is 1. The van der Waals surface area contributed by atoms with Crippen molar-refractivity contribution in [2.24, 2.45) is 0 Å². The van der Waals surface area contributed by atoms with Crippen molar-refractivity contribution >= 4 is 29.3 Å². The van der Waals surface area contributed by atoms with Crippen LogP contribution in [0.4, 0.5) is 29.7 Å². The van der Waals surface area contributed by atoms with Gasteiger partial charge < -0.3 is 24.1 Å². The minimum Gasteiger partial charge on any atom is -0.444 e. The Bertz CT molecular complexity index is 919. The molecule has 3 fully saturated rings. The maximum atomic E-state index is 15.1. The van der Waals surface area contributed by atoms with Gasteiger partial charge in [0.2, 0.25) is 0 Å². The Morgan fingerprint density at radius 2 is 1.79 bits per heavy atom. The lowest BCUT2D eigenvalue weighted by molar-refractivity contribution is -0.117. The summed E-state index contributed by atoms with van der Waals surface area (Å²) in [6.07, 6.45) is -0.576. The van der Waals surface area contributed by atoms with Crippen LogP contribution in [-0.4, -0.2) is 92.9 Å². The lowest BCUT2D eigenvalue weighted by Crippen LogP contribution is -2.53. The number of urea groups is 1. The fourth-order valence-corrected chi connectivity index (χ4v) is 4.30. The molecule has 0 saturated carbocycles. The molecule has 10 nitrogen and oxygen atoms in total. The number of Topliss-reactive ketones (excluding diaryl/α,β-unsaturated/α-hetero) is 1. The second kappa shape index (κ2) is 10.5. The lowest BCUT2D eigenvalue weighted by Gasteiger charge is -2.32. The van der Waals surface area contributed by atoms with Crippen LogP contribution >= 0.6 is 0 Å². The number of rotatable bonds is 5. The molecule has 186 valence electrons. The number of cyclic esters (lactones) is 1. The normalized spacial score (nSPS) is 21.5. The Kier molecular flexibility index (Phi) is 7.47. The maximum Gasteiger partial charge on any atom is 0.414 e. The van der Waals surface area contributed by atoms with Gasteiger partial charge in [0.15, 0.2) is 11.6 Å². The largest absolute Gasteiger partial charge is 0.444 e. The van der Waals surface area contributed by atoms with E-state index >= 15 is 8.78 Å². The predicted octanol–water partition coefficient (Wildman–Crippen LogP) is 1.74. The van der Waals surface area contributed by atoms with E-state index in [2.05, 4.69) is 5.43 Å². The Hall–Kier alpha value is -2.99. The highest BCUT2D eigenvalue weighted by molar-refractivity contribution is 5.90. The average Bonchev–Trinajstić information content (AvgIpc) is 3.02. The van der Waals surface area contributed by atoms with Gasteiger partial charge in [-0.2, -0.15) is 0 Å². The van der Waals surface area contributed by atoms with Gasteiger partial charge >= 0.3 is 12.1 Å². The molecule has 0 spiro atoms. The molecule has 12 heteroatoms. The summed E-state index contributed by atoms with van der Waals surface area (Å²) >= 11 is 0. The van der Waals surface area contributed by atoms with E-state index in [0.29, 0.717) is 45.8 Å². The molecular formula is C22H29F2N5O5. The molecule has 34 heavy (non-hydrogen) atoms. The molecule has 3 saturated heterocycles. The van der Waals surface area contributed by atoms with Crippen LogP contribution in [0.15, 0.2) is 12.1 Å². The van der Waals surface area contributed by atoms with Gasteiger partial charge in [0.25, 0.3) is 0 Å². The predicted molar refractivity (Wildman–Crippen MR) is 119 cm³/mol. The number of halogens is 2. The number of ether oxygens (including phenoxy) is 2. The monoisotopic (exact) mass is 481 g/mol. The standard InChI is InChI=1S/C22H29F2N5O5/c1-15(30)2-3-17-14-28(22(32)34-17)16-12-18(23)20(19(24)13-16)26-5-4-25-29(7-6-26)21(31)27-8-10-33-11-9-27/h12-13,17,25H,2-11,14H2,1H3/t17-/m0/s1. The Morgan fingerprint density at radius 3 is 2.47 bits per heavy atom. The zero-order valence-corrected chi connectivity index (χ0v) is 19.1. The van der Waals surface area contributed by atoms with E-state index in [1.165, 1.54) is 16.8 Å². The lowest BCUT2D eigenvalue weighted by atomic mass is 10.1. The molecule has 3 heterocycles. The minimum absolute atomic E-state index is 0.0203. The Balaban J connectivity index is 1.42. The summed E-state index contributed by atoms with van der Waals surface area (Å²) in [6.45, 7) is 4.63. The molecule has 0 unspecified atom stereocenters. The van der Waals surface area contributed by atoms with E-state index in [0.717, 1.165) is 12.1 Å². The van der Waals surface area contributed by atoms with Crippen molar-refractivity contribution in [2.45, 2.75) is 25.9 Å². The molecule has 3 aliphatic rings. The van der Waals surface area contributed by atoms with Gasteiger partial charge in [-0.15, -0.1) is 0 Å². The third-order valence-corrected chi connectivity index (χ3v) is 6.11. The third-order valence-electron chi connectivity index (χ3n) is 6.11. The van der Waals surface area contributed by atoms with Crippen molar-refractivity contribution < 1.29 is 32.6 Å². The molecule has 3 amide bonds. The molecule has 1 aromatic carbocycles. The zero-order chi connectivity index (χ0) is 24.2. The molecule has 0 bridgehead atoms. The summed E-state index contributed by atoms with van der Waals surface area (Å²) in [6, 6.07) is 2.04. The Morgan fingerprint density at radius 1 is 1.09 bits per heavy atom. The number of nitrogens with zero attached hydrogens (tertiary/aromatic N) is 4. The summed E-state index contributed by atoms with van der Waals surface area (Å²) < 4.78 is 40.7. The first kappa shape index (κ1) is 24.1. The highest BCUT2D eigenvalue weighted by Gasteiger charge is 2.34. The fourth-order valence-electron chi connectivity index (χ4n) is 4.30. The minimum atomic E-state index is -0.803.